The summed E-state index contributed by atoms with van der Waals surface area (Å²) >= 11 is 2.86. The molecule has 3 heterocycles. The lowest BCUT2D eigenvalue weighted by molar-refractivity contribution is 0.114. The molecule has 1 fully saturated rings. The first-order chi connectivity index (χ1) is 10.2. The second-order valence-corrected chi connectivity index (χ2v) is 6.75. The summed E-state index contributed by atoms with van der Waals surface area (Å²) in [5.74, 6) is 0. The number of nitrogens with zero attached hydrogens (tertiary/aromatic N) is 4. The first-order valence-electron chi connectivity index (χ1n) is 6.62. The second-order valence-electron chi connectivity index (χ2n) is 4.72. The van der Waals surface area contributed by atoms with Gasteiger partial charge in [0.05, 0.1) is 0 Å². The van der Waals surface area contributed by atoms with Gasteiger partial charge in [0.25, 0.3) is 5.19 Å². The van der Waals surface area contributed by atoms with Crippen LogP contribution in [0.15, 0.2) is 11.7 Å². The van der Waals surface area contributed by atoms with E-state index in [1.807, 2.05) is 6.92 Å². The van der Waals surface area contributed by atoms with Gasteiger partial charge in [-0.05, 0) is 6.92 Å². The van der Waals surface area contributed by atoms with Crippen LogP contribution < -0.4 is 10.1 Å². The van der Waals surface area contributed by atoms with Gasteiger partial charge in [-0.15, -0.1) is 21.5 Å². The number of aryl methyl sites for hydroxylation is 1. The molecule has 21 heavy (non-hydrogen) atoms. The van der Waals surface area contributed by atoms with Crippen molar-refractivity contribution in [1.82, 2.24) is 20.1 Å². The number of carbonyl (C=O) groups excluding carboxylic acids is 1. The lowest BCUT2D eigenvalue weighted by atomic mass is 10.1. The van der Waals surface area contributed by atoms with Crippen molar-refractivity contribution < 1.29 is 9.53 Å². The Balaban J connectivity index is 1.47. The molecule has 0 bridgehead atoms. The number of anilines is 1. The molecular formula is C12H15N5O2S2. The summed E-state index contributed by atoms with van der Waals surface area (Å²) in [6.07, 6.45) is 3.44. The van der Waals surface area contributed by atoms with Crippen molar-refractivity contribution in [2.45, 2.75) is 25.9 Å². The van der Waals surface area contributed by atoms with Crippen LogP contribution >= 0.6 is 22.7 Å². The Morgan fingerprint density at radius 1 is 1.48 bits per heavy atom. The van der Waals surface area contributed by atoms with Crippen LogP contribution in [0.3, 0.4) is 0 Å². The highest BCUT2D eigenvalue weighted by atomic mass is 32.1. The molecular weight excluding hydrogens is 310 g/mol. The lowest BCUT2D eigenvalue weighted by Crippen LogP contribution is -2.43. The van der Waals surface area contributed by atoms with Crippen LogP contribution in [0.1, 0.15) is 17.7 Å². The highest BCUT2D eigenvalue weighted by Crippen LogP contribution is 2.21. The minimum atomic E-state index is -0.0984. The number of hydrogen-bond donors (Lipinski definition) is 1. The van der Waals surface area contributed by atoms with Crippen molar-refractivity contribution in [2.24, 2.45) is 0 Å². The fourth-order valence-corrected chi connectivity index (χ4v) is 3.24. The van der Waals surface area contributed by atoms with Crippen LogP contribution in [0.4, 0.5) is 9.93 Å². The van der Waals surface area contributed by atoms with E-state index in [9.17, 15) is 4.79 Å². The van der Waals surface area contributed by atoms with E-state index < -0.39 is 0 Å². The van der Waals surface area contributed by atoms with Gasteiger partial charge in [-0.2, -0.15) is 0 Å². The molecule has 0 saturated carbocycles. The highest BCUT2D eigenvalue weighted by molar-refractivity contribution is 7.15. The summed E-state index contributed by atoms with van der Waals surface area (Å²) in [5, 5.41) is 11.7. The van der Waals surface area contributed by atoms with Crippen molar-refractivity contribution in [3.05, 3.63) is 16.6 Å². The number of hydrogen-bond acceptors (Lipinski definition) is 7. The molecule has 0 spiro atoms. The molecule has 1 N–H and O–H groups in total. The Morgan fingerprint density at radius 3 is 2.90 bits per heavy atom. The molecule has 1 saturated heterocycles. The van der Waals surface area contributed by atoms with E-state index in [0.29, 0.717) is 23.4 Å². The zero-order valence-corrected chi connectivity index (χ0v) is 13.1. The van der Waals surface area contributed by atoms with Crippen LogP contribution in [-0.4, -0.2) is 45.3 Å². The number of carbonyl (C=O) groups is 1. The zero-order chi connectivity index (χ0) is 14.7. The van der Waals surface area contributed by atoms with Gasteiger partial charge in [0, 0.05) is 37.0 Å². The number of amides is 2. The van der Waals surface area contributed by atoms with Gasteiger partial charge in [-0.1, -0.05) is 11.3 Å². The van der Waals surface area contributed by atoms with Crippen molar-refractivity contribution in [2.75, 3.05) is 18.4 Å². The molecule has 9 heteroatoms. The summed E-state index contributed by atoms with van der Waals surface area (Å²) in [4.78, 5) is 19.1. The molecule has 2 aromatic rings. The number of likely N-dealkylation sites (tertiary alicyclic amines) is 1. The Bertz CT molecular complexity index is 593. The molecule has 2 aromatic heterocycles. The van der Waals surface area contributed by atoms with Gasteiger partial charge in [0.2, 0.25) is 0 Å². The van der Waals surface area contributed by atoms with Crippen LogP contribution in [0, 0.1) is 6.92 Å². The van der Waals surface area contributed by atoms with Gasteiger partial charge in [0.1, 0.15) is 11.6 Å². The first kappa shape index (κ1) is 14.2. The standard InChI is InChI=1S/C12H15N5O2S2/c1-8-6-13-10(21-8)15-11(18)17-4-2-9(3-5-17)19-12-16-14-7-20-12/h6-7,9H,2-5H2,1H3,(H,13,15,18). The normalized spacial score (nSPS) is 16.0. The summed E-state index contributed by atoms with van der Waals surface area (Å²) in [6, 6.07) is -0.0984. The van der Waals surface area contributed by atoms with E-state index in [-0.39, 0.29) is 12.1 Å². The molecule has 7 nitrogen and oxygen atoms in total. The fraction of sp³-hybridized carbons (Fsp3) is 0.500. The smallest absolute Gasteiger partial charge is 0.323 e. The molecule has 1 aliphatic rings. The third-order valence-corrected chi connectivity index (χ3v) is 4.58. The predicted octanol–water partition coefficient (Wildman–Crippen LogP) is 2.38. The highest BCUT2D eigenvalue weighted by Gasteiger charge is 2.25. The van der Waals surface area contributed by atoms with Gasteiger partial charge in [0.15, 0.2) is 5.13 Å². The number of piperidine rings is 1. The number of ether oxygens (including phenoxy) is 1. The summed E-state index contributed by atoms with van der Waals surface area (Å²) in [6.45, 7) is 3.29. The molecule has 0 unspecified atom stereocenters. The molecule has 0 aliphatic carbocycles. The van der Waals surface area contributed by atoms with Crippen LogP contribution in [0.2, 0.25) is 0 Å². The third kappa shape index (κ3) is 3.67. The Morgan fingerprint density at radius 2 is 2.29 bits per heavy atom. The van der Waals surface area contributed by atoms with Crippen molar-refractivity contribution in [1.29, 1.82) is 0 Å². The number of rotatable bonds is 3. The maximum absolute atomic E-state index is 12.1. The first-order valence-corrected chi connectivity index (χ1v) is 8.31. The summed E-state index contributed by atoms with van der Waals surface area (Å²) in [7, 11) is 0. The molecule has 2 amide bonds. The topological polar surface area (TPSA) is 80.2 Å². The van der Waals surface area contributed by atoms with E-state index in [1.54, 1.807) is 16.6 Å². The van der Waals surface area contributed by atoms with E-state index >= 15 is 0 Å². The van der Waals surface area contributed by atoms with Gasteiger partial charge >= 0.3 is 6.03 Å². The molecule has 0 radical (unpaired) electrons. The molecule has 0 aromatic carbocycles. The summed E-state index contributed by atoms with van der Waals surface area (Å²) < 4.78 is 5.72. The zero-order valence-electron chi connectivity index (χ0n) is 11.5. The SMILES string of the molecule is Cc1cnc(NC(=O)N2CCC(Oc3nncs3)CC2)s1. The van der Waals surface area contributed by atoms with Gasteiger partial charge in [-0.25, -0.2) is 9.78 Å². The monoisotopic (exact) mass is 325 g/mol. The Hall–Kier alpha value is -1.74. The average molecular weight is 325 g/mol. The predicted molar refractivity (Wildman–Crippen MR) is 81.0 cm³/mol. The maximum atomic E-state index is 12.1. The van der Waals surface area contributed by atoms with E-state index in [4.69, 9.17) is 4.74 Å². The molecule has 112 valence electrons. The summed E-state index contributed by atoms with van der Waals surface area (Å²) in [5.41, 5.74) is 1.65. The van der Waals surface area contributed by atoms with E-state index in [2.05, 4.69) is 20.5 Å². The van der Waals surface area contributed by atoms with Crippen LogP contribution in [0.25, 0.3) is 0 Å². The number of nitrogens with one attached hydrogen (secondary N) is 1. The second kappa shape index (κ2) is 6.35. The third-order valence-electron chi connectivity index (χ3n) is 3.17. The number of urea groups is 1. The van der Waals surface area contributed by atoms with Crippen LogP contribution in [-0.2, 0) is 0 Å². The Kier molecular flexibility index (Phi) is 4.30. The quantitative estimate of drug-likeness (QED) is 0.937. The minimum Gasteiger partial charge on any atom is -0.465 e. The van der Waals surface area contributed by atoms with E-state index in [1.165, 1.54) is 22.7 Å². The van der Waals surface area contributed by atoms with Crippen LogP contribution in [0.5, 0.6) is 5.19 Å². The number of thiazole rings is 1. The minimum absolute atomic E-state index is 0.0984. The van der Waals surface area contributed by atoms with Crippen molar-refractivity contribution in [3.63, 3.8) is 0 Å². The van der Waals surface area contributed by atoms with Crippen molar-refractivity contribution in [3.8, 4) is 5.19 Å². The molecule has 0 atom stereocenters. The van der Waals surface area contributed by atoms with E-state index in [0.717, 1.165) is 17.7 Å². The molecule has 1 aliphatic heterocycles. The lowest BCUT2D eigenvalue weighted by Gasteiger charge is -2.31. The molecule has 3 rings (SSSR count). The maximum Gasteiger partial charge on any atom is 0.323 e. The largest absolute Gasteiger partial charge is 0.465 e. The number of aromatic nitrogens is 3. The van der Waals surface area contributed by atoms with Gasteiger partial charge in [-0.3, -0.25) is 5.32 Å². The van der Waals surface area contributed by atoms with Gasteiger partial charge < -0.3 is 9.64 Å². The average Bonchev–Trinajstić information content (AvgIpc) is 3.12. The van der Waals surface area contributed by atoms with Crippen molar-refractivity contribution >= 4 is 33.8 Å². The Labute approximate surface area is 130 Å². The fourth-order valence-electron chi connectivity index (χ4n) is 2.12.